The summed E-state index contributed by atoms with van der Waals surface area (Å²) in [6.07, 6.45) is -1.03. The first-order valence-electron chi connectivity index (χ1n) is 6.61. The molecule has 3 heterocycles. The molecule has 0 saturated carbocycles. The summed E-state index contributed by atoms with van der Waals surface area (Å²) in [5.41, 5.74) is 12.9. The molecule has 1 amide bonds. The van der Waals surface area contributed by atoms with E-state index in [2.05, 4.69) is 10.1 Å². The van der Waals surface area contributed by atoms with Crippen LogP contribution in [0.3, 0.4) is 0 Å². The first kappa shape index (κ1) is 15.3. The third-order valence-corrected chi connectivity index (χ3v) is 4.58. The number of anilines is 1. The molecule has 23 heavy (non-hydrogen) atoms. The number of hydrogen-bond acceptors (Lipinski definition) is 5. The molecule has 0 atom stereocenters. The summed E-state index contributed by atoms with van der Waals surface area (Å²) < 4.78 is 27.9. The Morgan fingerprint density at radius 1 is 1.39 bits per heavy atom. The monoisotopic (exact) mass is 337 g/mol. The van der Waals surface area contributed by atoms with Gasteiger partial charge >= 0.3 is 0 Å². The molecular weight excluding hydrogens is 324 g/mol. The fourth-order valence-electron chi connectivity index (χ4n) is 2.51. The zero-order valence-corrected chi connectivity index (χ0v) is 13.1. The van der Waals surface area contributed by atoms with E-state index in [1.165, 1.54) is 6.07 Å². The summed E-state index contributed by atoms with van der Waals surface area (Å²) in [4.78, 5) is 15.8. The van der Waals surface area contributed by atoms with Crippen LogP contribution in [0.2, 0.25) is 0 Å². The maximum atomic E-state index is 13.2. The largest absolute Gasteiger partial charge is 0.397 e. The van der Waals surface area contributed by atoms with Crippen molar-refractivity contribution in [2.45, 2.75) is 13.3 Å². The number of nitrogens with two attached hydrogens (primary N) is 2. The average Bonchev–Trinajstić information content (AvgIpc) is 2.98. The maximum Gasteiger partial charge on any atom is 0.280 e. The van der Waals surface area contributed by atoms with Crippen LogP contribution in [0.4, 0.5) is 14.5 Å². The lowest BCUT2D eigenvalue weighted by Crippen LogP contribution is -2.10. The number of aromatic nitrogens is 3. The van der Waals surface area contributed by atoms with Gasteiger partial charge in [-0.15, -0.1) is 11.3 Å². The third kappa shape index (κ3) is 2.42. The molecule has 0 saturated heterocycles. The fraction of sp³-hybridized carbons (Fsp3) is 0.214. The molecule has 0 aliphatic heterocycles. The lowest BCUT2D eigenvalue weighted by Gasteiger charge is -2.07. The number of fused-ring (bicyclic) bond motifs is 1. The van der Waals surface area contributed by atoms with Crippen molar-refractivity contribution in [1.29, 1.82) is 0 Å². The molecule has 0 spiro atoms. The summed E-state index contributed by atoms with van der Waals surface area (Å²) in [6, 6.07) is 1.28. The van der Waals surface area contributed by atoms with E-state index in [-0.39, 0.29) is 21.1 Å². The van der Waals surface area contributed by atoms with Crippen LogP contribution in [-0.2, 0) is 7.05 Å². The van der Waals surface area contributed by atoms with E-state index in [0.29, 0.717) is 22.2 Å². The first-order chi connectivity index (χ1) is 10.8. The van der Waals surface area contributed by atoms with Crippen LogP contribution < -0.4 is 11.5 Å². The summed E-state index contributed by atoms with van der Waals surface area (Å²) in [6.45, 7) is 1.77. The van der Waals surface area contributed by atoms with E-state index in [1.807, 2.05) is 0 Å². The number of primary amides is 1. The van der Waals surface area contributed by atoms with Crippen molar-refractivity contribution in [2.24, 2.45) is 12.8 Å². The van der Waals surface area contributed by atoms with Gasteiger partial charge in [0.05, 0.1) is 11.4 Å². The number of carbonyl (C=O) groups is 1. The molecule has 0 radical (unpaired) electrons. The van der Waals surface area contributed by atoms with E-state index in [0.717, 1.165) is 11.3 Å². The minimum atomic E-state index is -2.74. The Morgan fingerprint density at radius 2 is 2.09 bits per heavy atom. The highest BCUT2D eigenvalue weighted by atomic mass is 32.1. The van der Waals surface area contributed by atoms with Crippen LogP contribution in [-0.4, -0.2) is 20.7 Å². The number of thiophene rings is 1. The van der Waals surface area contributed by atoms with Gasteiger partial charge in [-0.25, -0.2) is 13.8 Å². The minimum absolute atomic E-state index is 0.113. The Labute approximate surface area is 133 Å². The van der Waals surface area contributed by atoms with Crippen molar-refractivity contribution in [3.8, 4) is 11.1 Å². The topological polar surface area (TPSA) is 99.8 Å². The number of rotatable bonds is 3. The molecule has 3 rings (SSSR count). The lowest BCUT2D eigenvalue weighted by atomic mass is 10.0. The van der Waals surface area contributed by atoms with Gasteiger partial charge in [0.1, 0.15) is 15.4 Å². The number of amides is 1. The molecule has 120 valence electrons. The summed E-state index contributed by atoms with van der Waals surface area (Å²) >= 11 is 0.914. The number of halogens is 2. The van der Waals surface area contributed by atoms with E-state index >= 15 is 0 Å². The molecule has 0 bridgehead atoms. The number of carbonyl (C=O) groups excluding carboxylic acids is 1. The quantitative estimate of drug-likeness (QED) is 0.767. The van der Waals surface area contributed by atoms with Gasteiger partial charge in [-0.2, -0.15) is 5.10 Å². The Hall–Kier alpha value is -2.55. The van der Waals surface area contributed by atoms with E-state index in [4.69, 9.17) is 11.5 Å². The van der Waals surface area contributed by atoms with Crippen LogP contribution in [0, 0.1) is 6.92 Å². The van der Waals surface area contributed by atoms with Crippen LogP contribution >= 0.6 is 11.3 Å². The minimum Gasteiger partial charge on any atom is -0.397 e. The molecule has 3 aromatic rings. The Kier molecular flexibility index (Phi) is 3.52. The van der Waals surface area contributed by atoms with E-state index < -0.39 is 12.3 Å². The Balaban J connectivity index is 2.42. The molecule has 0 aromatic carbocycles. The predicted molar refractivity (Wildman–Crippen MR) is 84.4 cm³/mol. The standard InChI is InChI=1S/C14H13F2N5OS/c1-5-7(4-21(2)20-5)6-3-8(12(15)16)19-14-9(6)10(17)11(23-14)13(18)22/h3-4,12H,17H2,1-2H3,(H2,18,22). The number of hydrogen-bond donors (Lipinski definition) is 2. The second-order valence-corrected chi connectivity index (χ2v) is 6.09. The zero-order chi connectivity index (χ0) is 16.9. The molecule has 4 N–H and O–H groups in total. The van der Waals surface area contributed by atoms with Crippen LogP contribution in [0.5, 0.6) is 0 Å². The summed E-state index contributed by atoms with van der Waals surface area (Å²) in [5, 5.41) is 4.67. The molecule has 0 aliphatic carbocycles. The van der Waals surface area contributed by atoms with Crippen molar-refractivity contribution >= 4 is 33.1 Å². The van der Waals surface area contributed by atoms with Gasteiger partial charge in [0.2, 0.25) is 0 Å². The molecule has 0 fully saturated rings. The van der Waals surface area contributed by atoms with Gasteiger partial charge in [0.25, 0.3) is 12.3 Å². The number of nitrogen functional groups attached to an aromatic ring is 1. The van der Waals surface area contributed by atoms with Crippen LogP contribution in [0.1, 0.15) is 27.5 Å². The predicted octanol–water partition coefficient (Wildman–Crippen LogP) is 2.62. The molecule has 9 heteroatoms. The van der Waals surface area contributed by atoms with Crippen molar-refractivity contribution < 1.29 is 13.6 Å². The number of pyridine rings is 1. The smallest absolute Gasteiger partial charge is 0.280 e. The van der Waals surface area contributed by atoms with Gasteiger partial charge < -0.3 is 11.5 Å². The summed E-state index contributed by atoms with van der Waals surface area (Å²) in [7, 11) is 1.73. The van der Waals surface area contributed by atoms with Crippen molar-refractivity contribution in [3.05, 3.63) is 28.5 Å². The number of aryl methyl sites for hydroxylation is 2. The highest BCUT2D eigenvalue weighted by Crippen LogP contribution is 2.41. The van der Waals surface area contributed by atoms with Gasteiger partial charge in [0, 0.05) is 24.2 Å². The van der Waals surface area contributed by atoms with E-state index in [1.54, 1.807) is 24.9 Å². The van der Waals surface area contributed by atoms with Crippen molar-refractivity contribution in [2.75, 3.05) is 5.73 Å². The number of alkyl halides is 2. The second kappa shape index (κ2) is 5.27. The van der Waals surface area contributed by atoms with Gasteiger partial charge in [-0.1, -0.05) is 0 Å². The van der Waals surface area contributed by atoms with Gasteiger partial charge in [-0.05, 0) is 18.6 Å². The highest BCUT2D eigenvalue weighted by Gasteiger charge is 2.23. The molecular formula is C14H13F2N5OS. The average molecular weight is 337 g/mol. The summed E-state index contributed by atoms with van der Waals surface area (Å²) in [5.74, 6) is -0.710. The number of nitrogens with zero attached hydrogens (tertiary/aromatic N) is 3. The normalized spacial score (nSPS) is 11.5. The van der Waals surface area contributed by atoms with Gasteiger partial charge in [-0.3, -0.25) is 9.48 Å². The third-order valence-electron chi connectivity index (χ3n) is 3.47. The Morgan fingerprint density at radius 3 is 2.61 bits per heavy atom. The van der Waals surface area contributed by atoms with Crippen molar-refractivity contribution in [3.63, 3.8) is 0 Å². The highest BCUT2D eigenvalue weighted by molar-refractivity contribution is 7.21. The molecule has 0 unspecified atom stereocenters. The zero-order valence-electron chi connectivity index (χ0n) is 12.3. The lowest BCUT2D eigenvalue weighted by molar-refractivity contribution is 0.100. The van der Waals surface area contributed by atoms with Crippen LogP contribution in [0.15, 0.2) is 12.3 Å². The van der Waals surface area contributed by atoms with E-state index in [9.17, 15) is 13.6 Å². The van der Waals surface area contributed by atoms with Crippen molar-refractivity contribution in [1.82, 2.24) is 14.8 Å². The Bertz CT molecular complexity index is 931. The van der Waals surface area contributed by atoms with Gasteiger partial charge in [0.15, 0.2) is 0 Å². The van der Waals surface area contributed by atoms with Crippen LogP contribution in [0.25, 0.3) is 21.3 Å². The molecule has 0 aliphatic rings. The fourth-order valence-corrected chi connectivity index (χ4v) is 3.49. The maximum absolute atomic E-state index is 13.2. The molecule has 3 aromatic heterocycles. The SMILES string of the molecule is Cc1nn(C)cc1-c1cc(C(F)F)nc2sc(C(N)=O)c(N)c12. The molecule has 6 nitrogen and oxygen atoms in total. The first-order valence-corrected chi connectivity index (χ1v) is 7.42. The second-order valence-electron chi connectivity index (χ2n) is 5.09.